The third kappa shape index (κ3) is 2.12. The molecule has 1 heterocycles. The van der Waals surface area contributed by atoms with Crippen LogP contribution >= 0.6 is 12.6 Å². The van der Waals surface area contributed by atoms with Crippen LogP contribution in [0, 0.1) is 0 Å². The first-order chi connectivity index (χ1) is 7.11. The number of thiol groups is 1. The summed E-state index contributed by atoms with van der Waals surface area (Å²) in [5, 5.41) is 2.76. The number of likely N-dealkylation sites (N-methyl/N-ethyl adjacent to an activating group) is 1. The molecule has 4 nitrogen and oxygen atoms in total. The minimum Gasteiger partial charge on any atom is -0.322 e. The van der Waals surface area contributed by atoms with Gasteiger partial charge in [0.05, 0.1) is 0 Å². The number of nitrogens with one attached hydrogen (secondary N) is 1. The predicted molar refractivity (Wildman–Crippen MR) is 62.0 cm³/mol. The molecule has 1 atom stereocenters. The summed E-state index contributed by atoms with van der Waals surface area (Å²) >= 11 is 4.19. The Bertz CT molecular complexity index is 270. The summed E-state index contributed by atoms with van der Waals surface area (Å²) in [6.45, 7) is 4.28. The van der Waals surface area contributed by atoms with E-state index < -0.39 is 5.54 Å². The Morgan fingerprint density at radius 2 is 2.07 bits per heavy atom. The fourth-order valence-electron chi connectivity index (χ4n) is 1.80. The van der Waals surface area contributed by atoms with Crippen molar-refractivity contribution in [1.82, 2.24) is 10.2 Å². The van der Waals surface area contributed by atoms with E-state index in [0.717, 1.165) is 12.8 Å². The highest BCUT2D eigenvalue weighted by Gasteiger charge is 2.48. The number of hydrogen-bond acceptors (Lipinski definition) is 3. The van der Waals surface area contributed by atoms with Gasteiger partial charge in [-0.05, 0) is 13.3 Å². The number of rotatable bonds is 5. The first kappa shape index (κ1) is 12.4. The van der Waals surface area contributed by atoms with E-state index >= 15 is 0 Å². The first-order valence-electron chi connectivity index (χ1n) is 5.36. The molecule has 0 aromatic carbocycles. The SMILES string of the molecule is CCCCC1(CS)NC(=O)N(CC)C1=O. The summed E-state index contributed by atoms with van der Waals surface area (Å²) < 4.78 is 0. The lowest BCUT2D eigenvalue weighted by Gasteiger charge is -2.24. The smallest absolute Gasteiger partial charge is 0.322 e. The van der Waals surface area contributed by atoms with Gasteiger partial charge in [-0.3, -0.25) is 9.69 Å². The molecule has 1 aliphatic rings. The highest BCUT2D eigenvalue weighted by molar-refractivity contribution is 7.80. The second kappa shape index (κ2) is 4.88. The summed E-state index contributed by atoms with van der Waals surface area (Å²) in [6, 6.07) is -0.285. The van der Waals surface area contributed by atoms with Crippen molar-refractivity contribution < 1.29 is 9.59 Å². The fourth-order valence-corrected chi connectivity index (χ4v) is 2.17. The maximum atomic E-state index is 12.0. The van der Waals surface area contributed by atoms with E-state index in [4.69, 9.17) is 0 Å². The van der Waals surface area contributed by atoms with Crippen molar-refractivity contribution >= 4 is 24.6 Å². The molecule has 0 bridgehead atoms. The predicted octanol–water partition coefficient (Wildman–Crippen LogP) is 1.42. The van der Waals surface area contributed by atoms with E-state index in [0.29, 0.717) is 18.7 Å². The average Bonchev–Trinajstić information content (AvgIpc) is 2.48. The second-order valence-electron chi connectivity index (χ2n) is 3.82. The van der Waals surface area contributed by atoms with Gasteiger partial charge >= 0.3 is 6.03 Å². The Morgan fingerprint density at radius 1 is 1.40 bits per heavy atom. The Kier molecular flexibility index (Phi) is 4.02. The van der Waals surface area contributed by atoms with Crippen LogP contribution in [0.2, 0.25) is 0 Å². The molecule has 0 aliphatic carbocycles. The first-order valence-corrected chi connectivity index (χ1v) is 5.99. The van der Waals surface area contributed by atoms with E-state index in [9.17, 15) is 9.59 Å². The van der Waals surface area contributed by atoms with Crippen molar-refractivity contribution in [2.24, 2.45) is 0 Å². The molecule has 0 spiro atoms. The van der Waals surface area contributed by atoms with Crippen LogP contribution in [0.15, 0.2) is 0 Å². The van der Waals surface area contributed by atoms with Crippen molar-refractivity contribution in [3.63, 3.8) is 0 Å². The molecule has 1 N–H and O–H groups in total. The number of unbranched alkanes of at least 4 members (excludes halogenated alkanes) is 1. The molecule has 15 heavy (non-hydrogen) atoms. The van der Waals surface area contributed by atoms with Gasteiger partial charge in [0.1, 0.15) is 5.54 Å². The van der Waals surface area contributed by atoms with Crippen LogP contribution in [0.1, 0.15) is 33.1 Å². The number of carbonyl (C=O) groups is 2. The quantitative estimate of drug-likeness (QED) is 0.554. The minimum absolute atomic E-state index is 0.126. The van der Waals surface area contributed by atoms with Crippen molar-refractivity contribution in [1.29, 1.82) is 0 Å². The molecule has 0 saturated carbocycles. The molecular formula is C10H18N2O2S. The molecule has 1 aliphatic heterocycles. The zero-order valence-electron chi connectivity index (χ0n) is 9.25. The van der Waals surface area contributed by atoms with Gasteiger partial charge in [0, 0.05) is 12.3 Å². The number of amides is 3. The molecule has 1 saturated heterocycles. The molecule has 3 amide bonds. The van der Waals surface area contributed by atoms with Gasteiger partial charge in [-0.15, -0.1) is 0 Å². The molecule has 86 valence electrons. The lowest BCUT2D eigenvalue weighted by Crippen LogP contribution is -2.48. The molecule has 1 rings (SSSR count). The maximum absolute atomic E-state index is 12.0. The topological polar surface area (TPSA) is 49.4 Å². The van der Waals surface area contributed by atoms with E-state index in [1.54, 1.807) is 6.92 Å². The van der Waals surface area contributed by atoms with Gasteiger partial charge in [-0.1, -0.05) is 19.8 Å². The van der Waals surface area contributed by atoms with Gasteiger partial charge in [0.15, 0.2) is 0 Å². The Morgan fingerprint density at radius 3 is 2.47 bits per heavy atom. The van der Waals surface area contributed by atoms with Gasteiger partial charge < -0.3 is 5.32 Å². The highest BCUT2D eigenvalue weighted by atomic mass is 32.1. The van der Waals surface area contributed by atoms with Gasteiger partial charge in [0.25, 0.3) is 5.91 Å². The van der Waals surface area contributed by atoms with Crippen LogP contribution in [-0.4, -0.2) is 34.7 Å². The van der Waals surface area contributed by atoms with Crippen LogP contribution in [-0.2, 0) is 4.79 Å². The van der Waals surface area contributed by atoms with Crippen molar-refractivity contribution in [2.75, 3.05) is 12.3 Å². The molecule has 0 radical (unpaired) electrons. The molecule has 0 aromatic rings. The number of carbonyl (C=O) groups excluding carboxylic acids is 2. The summed E-state index contributed by atoms with van der Waals surface area (Å²) in [5.74, 6) is 0.243. The van der Waals surface area contributed by atoms with Crippen LogP contribution in [0.5, 0.6) is 0 Å². The summed E-state index contributed by atoms with van der Waals surface area (Å²) in [4.78, 5) is 24.8. The number of nitrogens with zero attached hydrogens (tertiary/aromatic N) is 1. The monoisotopic (exact) mass is 230 g/mol. The van der Waals surface area contributed by atoms with E-state index in [-0.39, 0.29) is 11.9 Å². The number of hydrogen-bond donors (Lipinski definition) is 2. The summed E-state index contributed by atoms with van der Waals surface area (Å²) in [5.41, 5.74) is -0.758. The molecule has 1 fully saturated rings. The van der Waals surface area contributed by atoms with Crippen LogP contribution < -0.4 is 5.32 Å². The van der Waals surface area contributed by atoms with E-state index in [2.05, 4.69) is 24.9 Å². The maximum Gasteiger partial charge on any atom is 0.325 e. The lowest BCUT2D eigenvalue weighted by molar-refractivity contribution is -0.130. The van der Waals surface area contributed by atoms with Gasteiger partial charge in [-0.2, -0.15) is 12.6 Å². The Hall–Kier alpha value is -0.710. The number of imide groups is 1. The molecule has 1 unspecified atom stereocenters. The van der Waals surface area contributed by atoms with Crippen LogP contribution in [0.25, 0.3) is 0 Å². The van der Waals surface area contributed by atoms with Crippen molar-refractivity contribution in [2.45, 2.75) is 38.6 Å². The third-order valence-electron chi connectivity index (χ3n) is 2.79. The summed E-state index contributed by atoms with van der Waals surface area (Å²) in [6.07, 6.45) is 2.60. The van der Waals surface area contributed by atoms with E-state index in [1.807, 2.05) is 0 Å². The zero-order chi connectivity index (χ0) is 11.5. The second-order valence-corrected chi connectivity index (χ2v) is 4.14. The zero-order valence-corrected chi connectivity index (χ0v) is 10.1. The van der Waals surface area contributed by atoms with E-state index in [1.165, 1.54) is 4.90 Å². The molecule has 0 aromatic heterocycles. The normalized spacial score (nSPS) is 25.9. The van der Waals surface area contributed by atoms with Gasteiger partial charge in [0.2, 0.25) is 0 Å². The average molecular weight is 230 g/mol. The standard InChI is InChI=1S/C10H18N2O2S/c1-3-5-6-10(7-15)8(13)12(4-2)9(14)11-10/h15H,3-7H2,1-2H3,(H,11,14). The fraction of sp³-hybridized carbons (Fsp3) is 0.800. The minimum atomic E-state index is -0.758. The summed E-state index contributed by atoms with van der Waals surface area (Å²) in [7, 11) is 0. The molecular weight excluding hydrogens is 212 g/mol. The molecule has 5 heteroatoms. The van der Waals surface area contributed by atoms with Crippen molar-refractivity contribution in [3.8, 4) is 0 Å². The lowest BCUT2D eigenvalue weighted by atomic mass is 9.95. The number of urea groups is 1. The third-order valence-corrected chi connectivity index (χ3v) is 3.33. The largest absolute Gasteiger partial charge is 0.325 e. The Labute approximate surface area is 95.8 Å². The van der Waals surface area contributed by atoms with Gasteiger partial charge in [-0.25, -0.2) is 4.79 Å². The highest BCUT2D eigenvalue weighted by Crippen LogP contribution is 2.24. The van der Waals surface area contributed by atoms with Crippen LogP contribution in [0.4, 0.5) is 4.79 Å². The Balaban J connectivity index is 2.83. The van der Waals surface area contributed by atoms with Crippen molar-refractivity contribution in [3.05, 3.63) is 0 Å². The van der Waals surface area contributed by atoms with Crippen LogP contribution in [0.3, 0.4) is 0 Å².